The van der Waals surface area contributed by atoms with E-state index in [1.807, 2.05) is 46.9 Å². The van der Waals surface area contributed by atoms with Crippen molar-refractivity contribution in [3.63, 3.8) is 0 Å². The standard InChI is InChI=1S/C14H10BrClN2O/c15-12-2-1-3-13-17-14(11(8-19)18(12)13)9-4-6-10(16)7-5-9/h1-7,19H,8H2. The van der Waals surface area contributed by atoms with Crippen LogP contribution in [0.2, 0.25) is 5.02 Å². The summed E-state index contributed by atoms with van der Waals surface area (Å²) in [5.41, 5.74) is 3.25. The zero-order chi connectivity index (χ0) is 13.4. The first-order valence-corrected chi connectivity index (χ1v) is 6.90. The largest absolute Gasteiger partial charge is 0.390 e. The lowest BCUT2D eigenvalue weighted by atomic mass is 10.1. The Morgan fingerprint density at radius 1 is 1.16 bits per heavy atom. The first kappa shape index (κ1) is 12.7. The van der Waals surface area contributed by atoms with Crippen molar-refractivity contribution in [3.05, 3.63) is 57.8 Å². The molecule has 0 aliphatic carbocycles. The molecule has 0 bridgehead atoms. The molecule has 96 valence electrons. The van der Waals surface area contributed by atoms with Gasteiger partial charge in [0.15, 0.2) is 0 Å². The molecule has 0 atom stereocenters. The van der Waals surface area contributed by atoms with Gasteiger partial charge in [-0.3, -0.25) is 4.40 Å². The van der Waals surface area contributed by atoms with Gasteiger partial charge in [-0.2, -0.15) is 0 Å². The highest BCUT2D eigenvalue weighted by Gasteiger charge is 2.14. The summed E-state index contributed by atoms with van der Waals surface area (Å²) in [6.07, 6.45) is 0. The molecule has 1 N–H and O–H groups in total. The number of hydrogen-bond acceptors (Lipinski definition) is 2. The number of halogens is 2. The van der Waals surface area contributed by atoms with Gasteiger partial charge in [0.25, 0.3) is 0 Å². The lowest BCUT2D eigenvalue weighted by Gasteiger charge is -2.03. The van der Waals surface area contributed by atoms with Crippen LogP contribution in [0.1, 0.15) is 5.69 Å². The summed E-state index contributed by atoms with van der Waals surface area (Å²) in [5, 5.41) is 10.3. The smallest absolute Gasteiger partial charge is 0.138 e. The molecule has 0 unspecified atom stereocenters. The van der Waals surface area contributed by atoms with Gasteiger partial charge in [-0.05, 0) is 40.2 Å². The van der Waals surface area contributed by atoms with Gasteiger partial charge in [-0.15, -0.1) is 0 Å². The van der Waals surface area contributed by atoms with Crippen LogP contribution < -0.4 is 0 Å². The summed E-state index contributed by atoms with van der Waals surface area (Å²) in [7, 11) is 0. The number of rotatable bonds is 2. The Morgan fingerprint density at radius 3 is 2.58 bits per heavy atom. The highest BCUT2D eigenvalue weighted by atomic mass is 79.9. The number of benzene rings is 1. The predicted octanol–water partition coefficient (Wildman–Crippen LogP) is 3.91. The number of hydrogen-bond donors (Lipinski definition) is 1. The van der Waals surface area contributed by atoms with Gasteiger partial charge in [0.1, 0.15) is 5.65 Å². The van der Waals surface area contributed by atoms with E-state index in [0.717, 1.165) is 27.2 Å². The van der Waals surface area contributed by atoms with E-state index in [0.29, 0.717) is 5.02 Å². The maximum Gasteiger partial charge on any atom is 0.138 e. The first-order chi connectivity index (χ1) is 9.20. The SMILES string of the molecule is OCc1c(-c2ccc(Cl)cc2)nc2cccc(Br)n12. The Morgan fingerprint density at radius 2 is 1.89 bits per heavy atom. The molecule has 2 aromatic heterocycles. The maximum absolute atomic E-state index is 9.64. The zero-order valence-electron chi connectivity index (χ0n) is 9.85. The molecular weight excluding hydrogens is 328 g/mol. The molecule has 19 heavy (non-hydrogen) atoms. The molecule has 5 heteroatoms. The van der Waals surface area contributed by atoms with E-state index in [1.54, 1.807) is 0 Å². The van der Waals surface area contributed by atoms with E-state index >= 15 is 0 Å². The Balaban J connectivity index is 2.29. The van der Waals surface area contributed by atoms with Gasteiger partial charge in [0.2, 0.25) is 0 Å². The fourth-order valence-corrected chi connectivity index (χ4v) is 2.77. The van der Waals surface area contributed by atoms with Gasteiger partial charge in [-0.25, -0.2) is 4.98 Å². The maximum atomic E-state index is 9.64. The Labute approximate surface area is 123 Å². The minimum atomic E-state index is -0.0816. The zero-order valence-corrected chi connectivity index (χ0v) is 12.2. The Hall–Kier alpha value is -1.36. The Bertz CT molecular complexity index is 737. The van der Waals surface area contributed by atoms with Crippen molar-refractivity contribution >= 4 is 33.2 Å². The number of imidazole rings is 1. The fourth-order valence-electron chi connectivity index (χ4n) is 2.10. The predicted molar refractivity (Wildman–Crippen MR) is 79.3 cm³/mol. The van der Waals surface area contributed by atoms with E-state index in [9.17, 15) is 5.11 Å². The molecule has 0 amide bonds. The van der Waals surface area contributed by atoms with Crippen LogP contribution in [0.5, 0.6) is 0 Å². The van der Waals surface area contributed by atoms with Crippen LogP contribution in [0.25, 0.3) is 16.9 Å². The molecule has 3 nitrogen and oxygen atoms in total. The van der Waals surface area contributed by atoms with Crippen molar-refractivity contribution in [1.82, 2.24) is 9.38 Å². The third kappa shape index (κ3) is 2.16. The molecule has 0 aliphatic heterocycles. The van der Waals surface area contributed by atoms with E-state index in [4.69, 9.17) is 11.6 Å². The van der Waals surface area contributed by atoms with E-state index in [2.05, 4.69) is 20.9 Å². The Kier molecular flexibility index (Phi) is 3.31. The molecule has 2 heterocycles. The second kappa shape index (κ2) is 4.96. The van der Waals surface area contributed by atoms with Crippen molar-refractivity contribution in [2.75, 3.05) is 0 Å². The first-order valence-electron chi connectivity index (χ1n) is 5.73. The molecule has 1 aromatic carbocycles. The summed E-state index contributed by atoms with van der Waals surface area (Å²) in [6.45, 7) is -0.0816. The van der Waals surface area contributed by atoms with E-state index in [-0.39, 0.29) is 6.61 Å². The number of aromatic nitrogens is 2. The van der Waals surface area contributed by atoms with Crippen LogP contribution in [0.15, 0.2) is 47.1 Å². The van der Waals surface area contributed by atoms with Crippen LogP contribution in [0.4, 0.5) is 0 Å². The lowest BCUT2D eigenvalue weighted by molar-refractivity contribution is 0.276. The van der Waals surface area contributed by atoms with Gasteiger partial charge in [0, 0.05) is 10.6 Å². The van der Waals surface area contributed by atoms with Gasteiger partial charge >= 0.3 is 0 Å². The molecule has 0 saturated heterocycles. The topological polar surface area (TPSA) is 37.5 Å². The minimum Gasteiger partial charge on any atom is -0.390 e. The van der Waals surface area contributed by atoms with Crippen LogP contribution >= 0.6 is 27.5 Å². The lowest BCUT2D eigenvalue weighted by Crippen LogP contribution is -1.95. The highest BCUT2D eigenvalue weighted by Crippen LogP contribution is 2.28. The third-order valence-corrected chi connectivity index (χ3v) is 3.83. The van der Waals surface area contributed by atoms with Gasteiger partial charge < -0.3 is 5.11 Å². The summed E-state index contributed by atoms with van der Waals surface area (Å²) >= 11 is 9.37. The monoisotopic (exact) mass is 336 g/mol. The van der Waals surface area contributed by atoms with Gasteiger partial charge in [-0.1, -0.05) is 29.8 Å². The highest BCUT2D eigenvalue weighted by molar-refractivity contribution is 9.10. The van der Waals surface area contributed by atoms with Crippen molar-refractivity contribution in [1.29, 1.82) is 0 Å². The number of pyridine rings is 1. The number of aliphatic hydroxyl groups is 1. The van der Waals surface area contributed by atoms with Crippen molar-refractivity contribution in [2.45, 2.75) is 6.61 Å². The number of aliphatic hydroxyl groups excluding tert-OH is 1. The van der Waals surface area contributed by atoms with Gasteiger partial charge in [0.05, 0.1) is 22.6 Å². The average Bonchev–Trinajstić information content (AvgIpc) is 2.79. The molecular formula is C14H10BrClN2O. The minimum absolute atomic E-state index is 0.0816. The number of nitrogens with zero attached hydrogens (tertiary/aromatic N) is 2. The summed E-state index contributed by atoms with van der Waals surface area (Å²) < 4.78 is 2.76. The molecule has 3 rings (SSSR count). The normalized spacial score (nSPS) is 11.1. The molecule has 0 aliphatic rings. The molecule has 0 spiro atoms. The van der Waals surface area contributed by atoms with Crippen LogP contribution in [-0.4, -0.2) is 14.5 Å². The van der Waals surface area contributed by atoms with Crippen molar-refractivity contribution < 1.29 is 5.11 Å². The third-order valence-electron chi connectivity index (χ3n) is 2.96. The second-order valence-corrected chi connectivity index (χ2v) is 5.36. The summed E-state index contributed by atoms with van der Waals surface area (Å²) in [6, 6.07) is 13.2. The van der Waals surface area contributed by atoms with Crippen LogP contribution in [0.3, 0.4) is 0 Å². The summed E-state index contributed by atoms with van der Waals surface area (Å²) in [5.74, 6) is 0. The van der Waals surface area contributed by atoms with E-state index < -0.39 is 0 Å². The van der Waals surface area contributed by atoms with E-state index in [1.165, 1.54) is 0 Å². The summed E-state index contributed by atoms with van der Waals surface area (Å²) in [4.78, 5) is 4.57. The molecule has 0 fully saturated rings. The van der Waals surface area contributed by atoms with Crippen LogP contribution in [-0.2, 0) is 6.61 Å². The van der Waals surface area contributed by atoms with Crippen molar-refractivity contribution in [2.24, 2.45) is 0 Å². The fraction of sp³-hybridized carbons (Fsp3) is 0.0714. The van der Waals surface area contributed by atoms with Crippen LogP contribution in [0, 0.1) is 0 Å². The number of fused-ring (bicyclic) bond motifs is 1. The molecule has 3 aromatic rings. The molecule has 0 radical (unpaired) electrons. The second-order valence-electron chi connectivity index (χ2n) is 4.11. The average molecular weight is 338 g/mol. The molecule has 0 saturated carbocycles. The van der Waals surface area contributed by atoms with Crippen molar-refractivity contribution in [3.8, 4) is 11.3 Å². The quantitative estimate of drug-likeness (QED) is 0.720.